The molecule has 1 aliphatic heterocycles. The van der Waals surface area contributed by atoms with Crippen molar-refractivity contribution in [2.75, 3.05) is 32.7 Å². The van der Waals surface area contributed by atoms with Crippen LogP contribution in [0.5, 0.6) is 0 Å². The van der Waals surface area contributed by atoms with Gasteiger partial charge in [0.25, 0.3) is 5.91 Å². The van der Waals surface area contributed by atoms with Gasteiger partial charge in [-0.1, -0.05) is 36.8 Å². The van der Waals surface area contributed by atoms with Crippen LogP contribution >= 0.6 is 0 Å². The highest BCUT2D eigenvalue weighted by Gasteiger charge is 2.23. The van der Waals surface area contributed by atoms with E-state index in [1.807, 2.05) is 24.0 Å². The summed E-state index contributed by atoms with van der Waals surface area (Å²) in [5.41, 5.74) is 4.75. The first-order valence-electron chi connectivity index (χ1n) is 8.65. The monoisotopic (exact) mass is 323 g/mol. The number of amides is 1. The zero-order valence-corrected chi connectivity index (χ0v) is 14.7. The van der Waals surface area contributed by atoms with Crippen LogP contribution in [0.3, 0.4) is 0 Å². The van der Waals surface area contributed by atoms with E-state index in [4.69, 9.17) is 0 Å². The molecule has 0 saturated carbocycles. The van der Waals surface area contributed by atoms with Crippen LogP contribution in [0, 0.1) is 13.8 Å². The first-order chi connectivity index (χ1) is 11.6. The number of likely N-dealkylation sites (N-methyl/N-ethyl adjacent to an activating group) is 1. The van der Waals surface area contributed by atoms with Crippen LogP contribution in [0.25, 0.3) is 11.3 Å². The summed E-state index contributed by atoms with van der Waals surface area (Å²) in [5, 5.41) is 0. The number of carbonyl (C=O) groups is 1. The summed E-state index contributed by atoms with van der Waals surface area (Å²) in [5.74, 6) is 0.103. The van der Waals surface area contributed by atoms with E-state index in [0.29, 0.717) is 0 Å². The molecule has 1 amide bonds. The molecule has 0 atom stereocenters. The van der Waals surface area contributed by atoms with Crippen LogP contribution < -0.4 is 0 Å². The smallest absolute Gasteiger partial charge is 0.255 e. The summed E-state index contributed by atoms with van der Waals surface area (Å²) < 4.78 is 0. The van der Waals surface area contributed by atoms with Crippen LogP contribution in [0.1, 0.15) is 28.5 Å². The van der Waals surface area contributed by atoms with E-state index in [1.165, 1.54) is 5.56 Å². The number of pyridine rings is 1. The third kappa shape index (κ3) is 3.49. The number of hydrogen-bond donors (Lipinski definition) is 0. The number of rotatable bonds is 3. The second-order valence-electron chi connectivity index (χ2n) is 6.42. The van der Waals surface area contributed by atoms with Gasteiger partial charge in [-0.25, -0.2) is 0 Å². The van der Waals surface area contributed by atoms with E-state index in [0.717, 1.165) is 55.2 Å². The van der Waals surface area contributed by atoms with Gasteiger partial charge < -0.3 is 9.80 Å². The van der Waals surface area contributed by atoms with E-state index in [2.05, 4.69) is 48.0 Å². The van der Waals surface area contributed by atoms with E-state index in [1.54, 1.807) is 0 Å². The Labute approximate surface area is 144 Å². The van der Waals surface area contributed by atoms with Crippen molar-refractivity contribution in [3.63, 3.8) is 0 Å². The maximum atomic E-state index is 12.8. The quantitative estimate of drug-likeness (QED) is 0.871. The SMILES string of the molecule is CCN1CCN(C(=O)c2ccc(-c3ccc(C)cc3)nc2C)CC1. The lowest BCUT2D eigenvalue weighted by atomic mass is 10.1. The molecular weight excluding hydrogens is 298 g/mol. The zero-order chi connectivity index (χ0) is 17.1. The van der Waals surface area contributed by atoms with Crippen molar-refractivity contribution in [2.24, 2.45) is 0 Å². The molecule has 4 heteroatoms. The molecule has 0 N–H and O–H groups in total. The largest absolute Gasteiger partial charge is 0.336 e. The molecule has 1 aliphatic rings. The number of hydrogen-bond acceptors (Lipinski definition) is 3. The lowest BCUT2D eigenvalue weighted by Gasteiger charge is -2.34. The number of benzene rings is 1. The molecule has 4 nitrogen and oxygen atoms in total. The summed E-state index contributed by atoms with van der Waals surface area (Å²) in [6.45, 7) is 10.7. The van der Waals surface area contributed by atoms with Gasteiger partial charge in [0.1, 0.15) is 0 Å². The predicted octanol–water partition coefficient (Wildman–Crippen LogP) is 3.14. The zero-order valence-electron chi connectivity index (χ0n) is 14.7. The van der Waals surface area contributed by atoms with Crippen LogP contribution in [0.4, 0.5) is 0 Å². The van der Waals surface area contributed by atoms with Crippen molar-refractivity contribution in [3.05, 3.63) is 53.2 Å². The Morgan fingerprint density at radius 2 is 1.67 bits per heavy atom. The highest BCUT2D eigenvalue weighted by atomic mass is 16.2. The van der Waals surface area contributed by atoms with Crippen LogP contribution in [0.2, 0.25) is 0 Å². The average molecular weight is 323 g/mol. The van der Waals surface area contributed by atoms with Crippen molar-refractivity contribution in [1.82, 2.24) is 14.8 Å². The number of nitrogens with zero attached hydrogens (tertiary/aromatic N) is 3. The molecule has 0 bridgehead atoms. The minimum atomic E-state index is 0.103. The van der Waals surface area contributed by atoms with Crippen LogP contribution in [-0.2, 0) is 0 Å². The fraction of sp³-hybridized carbons (Fsp3) is 0.400. The van der Waals surface area contributed by atoms with Gasteiger partial charge in [-0.2, -0.15) is 0 Å². The molecule has 0 unspecified atom stereocenters. The van der Waals surface area contributed by atoms with Crippen molar-refractivity contribution in [2.45, 2.75) is 20.8 Å². The molecule has 1 fully saturated rings. The number of carbonyl (C=O) groups excluding carboxylic acids is 1. The molecule has 2 heterocycles. The second-order valence-corrected chi connectivity index (χ2v) is 6.42. The second kappa shape index (κ2) is 7.14. The first-order valence-corrected chi connectivity index (χ1v) is 8.65. The van der Waals surface area contributed by atoms with Gasteiger partial charge in [-0.15, -0.1) is 0 Å². The van der Waals surface area contributed by atoms with Gasteiger partial charge in [0, 0.05) is 31.7 Å². The minimum Gasteiger partial charge on any atom is -0.336 e. The Hall–Kier alpha value is -2.20. The van der Waals surface area contributed by atoms with Gasteiger partial charge in [-0.05, 0) is 32.5 Å². The van der Waals surface area contributed by atoms with Crippen LogP contribution in [-0.4, -0.2) is 53.4 Å². The predicted molar refractivity (Wildman–Crippen MR) is 97.2 cm³/mol. The van der Waals surface area contributed by atoms with Crippen molar-refractivity contribution in [1.29, 1.82) is 0 Å². The number of aromatic nitrogens is 1. The summed E-state index contributed by atoms with van der Waals surface area (Å²) >= 11 is 0. The molecule has 0 spiro atoms. The van der Waals surface area contributed by atoms with Crippen molar-refractivity contribution >= 4 is 5.91 Å². The fourth-order valence-corrected chi connectivity index (χ4v) is 3.11. The molecule has 0 aliphatic carbocycles. The molecule has 0 radical (unpaired) electrons. The number of piperazine rings is 1. The maximum Gasteiger partial charge on any atom is 0.255 e. The third-order valence-electron chi connectivity index (χ3n) is 4.77. The Morgan fingerprint density at radius 1 is 1.00 bits per heavy atom. The topological polar surface area (TPSA) is 36.4 Å². The molecule has 24 heavy (non-hydrogen) atoms. The number of aryl methyl sites for hydroxylation is 2. The van der Waals surface area contributed by atoms with Crippen molar-refractivity contribution < 1.29 is 4.79 Å². The summed E-state index contributed by atoms with van der Waals surface area (Å²) in [4.78, 5) is 21.8. The van der Waals surface area contributed by atoms with Crippen molar-refractivity contribution in [3.8, 4) is 11.3 Å². The molecule has 126 valence electrons. The minimum absolute atomic E-state index is 0.103. The van der Waals surface area contributed by atoms with Gasteiger partial charge >= 0.3 is 0 Å². The molecule has 1 saturated heterocycles. The normalized spacial score (nSPS) is 15.5. The van der Waals surface area contributed by atoms with E-state index < -0.39 is 0 Å². The molecule has 2 aromatic rings. The van der Waals surface area contributed by atoms with Gasteiger partial charge in [-0.3, -0.25) is 9.78 Å². The van der Waals surface area contributed by atoms with Crippen LogP contribution in [0.15, 0.2) is 36.4 Å². The van der Waals surface area contributed by atoms with E-state index in [9.17, 15) is 4.79 Å². The Morgan fingerprint density at radius 3 is 2.25 bits per heavy atom. The Bertz CT molecular complexity index is 716. The first kappa shape index (κ1) is 16.7. The Kier molecular flexibility index (Phi) is 4.95. The standard InChI is InChI=1S/C20H25N3O/c1-4-22-11-13-23(14-12-22)20(24)18-9-10-19(21-16(18)3)17-7-5-15(2)6-8-17/h5-10H,4,11-14H2,1-3H3. The van der Waals surface area contributed by atoms with Gasteiger partial charge in [0.05, 0.1) is 17.0 Å². The van der Waals surface area contributed by atoms with E-state index in [-0.39, 0.29) is 5.91 Å². The van der Waals surface area contributed by atoms with Gasteiger partial charge in [0.15, 0.2) is 0 Å². The average Bonchev–Trinajstić information content (AvgIpc) is 2.62. The Balaban J connectivity index is 1.77. The fourth-order valence-electron chi connectivity index (χ4n) is 3.11. The van der Waals surface area contributed by atoms with E-state index >= 15 is 0 Å². The third-order valence-corrected chi connectivity index (χ3v) is 4.77. The molecule has 1 aromatic carbocycles. The summed E-state index contributed by atoms with van der Waals surface area (Å²) in [6.07, 6.45) is 0. The molecule has 3 rings (SSSR count). The summed E-state index contributed by atoms with van der Waals surface area (Å²) in [7, 11) is 0. The maximum absolute atomic E-state index is 12.8. The highest BCUT2D eigenvalue weighted by molar-refractivity contribution is 5.95. The lowest BCUT2D eigenvalue weighted by Crippen LogP contribution is -2.48. The molecule has 1 aromatic heterocycles. The highest BCUT2D eigenvalue weighted by Crippen LogP contribution is 2.20. The van der Waals surface area contributed by atoms with Gasteiger partial charge in [0.2, 0.25) is 0 Å². The summed E-state index contributed by atoms with van der Waals surface area (Å²) in [6, 6.07) is 12.2. The molecular formula is C20H25N3O. The lowest BCUT2D eigenvalue weighted by molar-refractivity contribution is 0.0642.